The number of benzene rings is 1. The molecule has 4 heteroatoms. The van der Waals surface area contributed by atoms with Crippen LogP contribution in [0.5, 0.6) is 0 Å². The van der Waals surface area contributed by atoms with Gasteiger partial charge in [-0.15, -0.1) is 12.4 Å². The van der Waals surface area contributed by atoms with Crippen LogP contribution in [0.4, 0.5) is 0 Å². The van der Waals surface area contributed by atoms with E-state index < -0.39 is 0 Å². The lowest BCUT2D eigenvalue weighted by Crippen LogP contribution is -2.38. The van der Waals surface area contributed by atoms with Crippen LogP contribution < -0.4 is 5.32 Å². The Morgan fingerprint density at radius 2 is 2.05 bits per heavy atom. The average Bonchev–Trinajstić information content (AvgIpc) is 3.14. The quantitative estimate of drug-likeness (QED) is 0.906. The van der Waals surface area contributed by atoms with E-state index in [2.05, 4.69) is 41.4 Å². The molecule has 1 saturated heterocycles. The van der Waals surface area contributed by atoms with Crippen LogP contribution in [0, 0.1) is 12.8 Å². The molecule has 1 heterocycles. The van der Waals surface area contributed by atoms with E-state index in [1.807, 2.05) is 0 Å². The first-order valence-electron chi connectivity index (χ1n) is 7.81. The summed E-state index contributed by atoms with van der Waals surface area (Å²) in [4.78, 5) is 14.5. The molecule has 1 N–H and O–H groups in total. The summed E-state index contributed by atoms with van der Waals surface area (Å²) in [7, 11) is 0. The van der Waals surface area contributed by atoms with Gasteiger partial charge in [-0.2, -0.15) is 0 Å². The second-order valence-corrected chi connectivity index (χ2v) is 6.18. The molecule has 1 aliphatic carbocycles. The molecule has 3 rings (SSSR count). The molecule has 116 valence electrons. The van der Waals surface area contributed by atoms with Crippen molar-refractivity contribution in [1.29, 1.82) is 0 Å². The van der Waals surface area contributed by atoms with E-state index in [0.717, 1.165) is 31.8 Å². The molecule has 1 aromatic rings. The van der Waals surface area contributed by atoms with Crippen LogP contribution in [-0.2, 0) is 4.79 Å². The summed E-state index contributed by atoms with van der Waals surface area (Å²) in [5.74, 6) is 1.09. The zero-order valence-corrected chi connectivity index (χ0v) is 13.5. The predicted octanol–water partition coefficient (Wildman–Crippen LogP) is 3.08. The summed E-state index contributed by atoms with van der Waals surface area (Å²) in [6.45, 7) is 4.55. The molecule has 2 aliphatic rings. The van der Waals surface area contributed by atoms with Gasteiger partial charge in [0.15, 0.2) is 0 Å². The average molecular weight is 309 g/mol. The Kier molecular flexibility index (Phi) is 5.65. The number of likely N-dealkylation sites (tertiary alicyclic amines) is 1. The Morgan fingerprint density at radius 1 is 1.29 bits per heavy atom. The van der Waals surface area contributed by atoms with Crippen molar-refractivity contribution in [3.8, 4) is 0 Å². The molecule has 1 aliphatic heterocycles. The van der Waals surface area contributed by atoms with Crippen LogP contribution in [0.1, 0.15) is 42.9 Å². The van der Waals surface area contributed by atoms with Crippen molar-refractivity contribution in [2.75, 3.05) is 19.6 Å². The van der Waals surface area contributed by atoms with E-state index in [9.17, 15) is 4.79 Å². The van der Waals surface area contributed by atoms with Gasteiger partial charge in [-0.25, -0.2) is 0 Å². The van der Waals surface area contributed by atoms with Crippen molar-refractivity contribution in [1.82, 2.24) is 10.2 Å². The minimum absolute atomic E-state index is 0. The normalized spacial score (nSPS) is 21.2. The third-order valence-electron chi connectivity index (χ3n) is 4.53. The largest absolute Gasteiger partial charge is 0.335 e. The van der Waals surface area contributed by atoms with Gasteiger partial charge in [0.2, 0.25) is 5.91 Å². The first kappa shape index (κ1) is 16.3. The Labute approximate surface area is 133 Å². The van der Waals surface area contributed by atoms with E-state index in [1.165, 1.54) is 24.0 Å². The zero-order chi connectivity index (χ0) is 13.9. The summed E-state index contributed by atoms with van der Waals surface area (Å²) >= 11 is 0. The molecule has 0 aromatic heterocycles. The minimum Gasteiger partial charge on any atom is -0.335 e. The predicted molar refractivity (Wildman–Crippen MR) is 87.7 cm³/mol. The number of carbonyl (C=O) groups excluding carboxylic acids is 1. The first-order valence-corrected chi connectivity index (χ1v) is 7.81. The number of nitrogens with zero attached hydrogens (tertiary/aromatic N) is 1. The highest BCUT2D eigenvalue weighted by molar-refractivity contribution is 5.85. The molecule has 1 unspecified atom stereocenters. The van der Waals surface area contributed by atoms with Gasteiger partial charge in [-0.1, -0.05) is 24.3 Å². The van der Waals surface area contributed by atoms with Crippen molar-refractivity contribution >= 4 is 18.3 Å². The summed E-state index contributed by atoms with van der Waals surface area (Å²) in [6, 6.07) is 8.74. The fourth-order valence-corrected chi connectivity index (χ4v) is 3.16. The monoisotopic (exact) mass is 308 g/mol. The smallest absolute Gasteiger partial charge is 0.237 e. The number of hydrogen-bond acceptors (Lipinski definition) is 2. The fourth-order valence-electron chi connectivity index (χ4n) is 3.16. The Balaban J connectivity index is 0.00000161. The number of nitrogens with one attached hydrogen (secondary N) is 1. The standard InChI is InChI=1S/C17H24N2O.ClH/c1-13-5-2-3-6-15(13)16-7-4-10-19(16)17(20)12-18-11-14-8-9-14;/h2-3,5-6,14,16,18H,4,7-12H2,1H3;1H. The van der Waals surface area contributed by atoms with Gasteiger partial charge in [-0.3, -0.25) is 4.79 Å². The number of hydrogen-bond donors (Lipinski definition) is 1. The van der Waals surface area contributed by atoms with E-state index in [0.29, 0.717) is 6.54 Å². The summed E-state index contributed by atoms with van der Waals surface area (Å²) in [5.41, 5.74) is 2.61. The molecule has 2 fully saturated rings. The maximum Gasteiger partial charge on any atom is 0.237 e. The van der Waals surface area contributed by atoms with Crippen LogP contribution in [0.2, 0.25) is 0 Å². The summed E-state index contributed by atoms with van der Waals surface area (Å²) in [6.07, 6.45) is 4.88. The SMILES string of the molecule is Cc1ccccc1C1CCCN1C(=O)CNCC1CC1.Cl. The lowest BCUT2D eigenvalue weighted by molar-refractivity contribution is -0.131. The summed E-state index contributed by atoms with van der Waals surface area (Å²) in [5, 5.41) is 3.32. The van der Waals surface area contributed by atoms with Gasteiger partial charge < -0.3 is 10.2 Å². The number of rotatable bonds is 5. The lowest BCUT2D eigenvalue weighted by atomic mass is 9.99. The van der Waals surface area contributed by atoms with Crippen LogP contribution in [-0.4, -0.2) is 30.4 Å². The van der Waals surface area contributed by atoms with Gasteiger partial charge in [0.1, 0.15) is 0 Å². The van der Waals surface area contributed by atoms with Crippen LogP contribution in [0.3, 0.4) is 0 Å². The van der Waals surface area contributed by atoms with E-state index in [-0.39, 0.29) is 24.4 Å². The van der Waals surface area contributed by atoms with Gasteiger partial charge >= 0.3 is 0 Å². The van der Waals surface area contributed by atoms with Crippen LogP contribution >= 0.6 is 12.4 Å². The molecule has 1 amide bonds. The van der Waals surface area contributed by atoms with Crippen molar-refractivity contribution in [3.63, 3.8) is 0 Å². The number of halogens is 1. The fraction of sp³-hybridized carbons (Fsp3) is 0.588. The van der Waals surface area contributed by atoms with Crippen molar-refractivity contribution < 1.29 is 4.79 Å². The molecule has 21 heavy (non-hydrogen) atoms. The highest BCUT2D eigenvalue weighted by Crippen LogP contribution is 2.33. The van der Waals surface area contributed by atoms with Gasteiger partial charge in [-0.05, 0) is 56.2 Å². The molecule has 3 nitrogen and oxygen atoms in total. The van der Waals surface area contributed by atoms with Gasteiger partial charge in [0, 0.05) is 6.54 Å². The minimum atomic E-state index is 0. The third-order valence-corrected chi connectivity index (χ3v) is 4.53. The van der Waals surface area contributed by atoms with Crippen molar-refractivity contribution in [2.24, 2.45) is 5.92 Å². The molecule has 0 bridgehead atoms. The highest BCUT2D eigenvalue weighted by atomic mass is 35.5. The van der Waals surface area contributed by atoms with Crippen LogP contribution in [0.25, 0.3) is 0 Å². The molecular formula is C17H25ClN2O. The van der Waals surface area contributed by atoms with Gasteiger partial charge in [0.05, 0.1) is 12.6 Å². The topological polar surface area (TPSA) is 32.3 Å². The molecule has 1 aromatic carbocycles. The molecule has 0 radical (unpaired) electrons. The molecule has 1 atom stereocenters. The van der Waals surface area contributed by atoms with Crippen LogP contribution in [0.15, 0.2) is 24.3 Å². The first-order chi connectivity index (χ1) is 9.75. The Morgan fingerprint density at radius 3 is 2.76 bits per heavy atom. The maximum absolute atomic E-state index is 12.4. The molecular weight excluding hydrogens is 284 g/mol. The molecule has 0 spiro atoms. The van der Waals surface area contributed by atoms with E-state index in [1.54, 1.807) is 0 Å². The maximum atomic E-state index is 12.4. The Bertz CT molecular complexity index is 487. The third kappa shape index (κ3) is 3.98. The van der Waals surface area contributed by atoms with E-state index in [4.69, 9.17) is 0 Å². The highest BCUT2D eigenvalue weighted by Gasteiger charge is 2.30. The number of aryl methyl sites for hydroxylation is 1. The second-order valence-electron chi connectivity index (χ2n) is 6.18. The zero-order valence-electron chi connectivity index (χ0n) is 12.7. The lowest BCUT2D eigenvalue weighted by Gasteiger charge is -2.26. The second kappa shape index (κ2) is 7.28. The number of carbonyl (C=O) groups is 1. The Hall–Kier alpha value is -1.06. The van der Waals surface area contributed by atoms with Gasteiger partial charge in [0.25, 0.3) is 0 Å². The molecule has 1 saturated carbocycles. The van der Waals surface area contributed by atoms with Crippen molar-refractivity contribution in [2.45, 2.75) is 38.6 Å². The number of amides is 1. The van der Waals surface area contributed by atoms with E-state index >= 15 is 0 Å². The summed E-state index contributed by atoms with van der Waals surface area (Å²) < 4.78 is 0. The van der Waals surface area contributed by atoms with Crippen molar-refractivity contribution in [3.05, 3.63) is 35.4 Å².